The third kappa shape index (κ3) is 8.33. The van der Waals surface area contributed by atoms with Gasteiger partial charge in [0.1, 0.15) is 11.8 Å². The quantitative estimate of drug-likeness (QED) is 0.0993. The lowest BCUT2D eigenvalue weighted by Crippen LogP contribution is -2.46. The minimum atomic E-state index is -0.660. The molecule has 0 saturated carbocycles. The molecule has 5 aromatic rings. The number of hydrogen-bond acceptors (Lipinski definition) is 9. The minimum Gasteiger partial charge on any atom is -0.507 e. The number of anilines is 2. The van der Waals surface area contributed by atoms with E-state index in [1.165, 1.54) is 53.4 Å². The van der Waals surface area contributed by atoms with Crippen molar-refractivity contribution in [3.05, 3.63) is 100.0 Å². The van der Waals surface area contributed by atoms with Crippen LogP contribution in [0.1, 0.15) is 74.1 Å². The molecular formula is C42H50N8O4. The number of imidazole rings is 1. The second-order valence-corrected chi connectivity index (χ2v) is 14.7. The molecule has 3 aromatic carbocycles. The molecule has 2 fully saturated rings. The van der Waals surface area contributed by atoms with Crippen LogP contribution in [-0.2, 0) is 36.0 Å². The minimum absolute atomic E-state index is 0.174. The summed E-state index contributed by atoms with van der Waals surface area (Å²) in [5.41, 5.74) is 13.6. The molecule has 0 spiro atoms. The number of carbonyl (C=O) groups is 2. The maximum absolute atomic E-state index is 13.1. The zero-order valence-corrected chi connectivity index (χ0v) is 31.0. The molecule has 12 heteroatoms. The summed E-state index contributed by atoms with van der Waals surface area (Å²) in [6.45, 7) is 4.44. The third-order valence-electron chi connectivity index (χ3n) is 10.9. The second-order valence-electron chi connectivity index (χ2n) is 14.7. The molecule has 2 saturated heterocycles. The molecule has 1 unspecified atom stereocenters. The standard InChI is InChI=1S/C42H50N8O4/c1-47-36-26-30(17-18-34(36)50(42(47)54)35-19-20-39(52)44-41(35)53)12-7-5-3-2-4-6-11-29-13-10-14-31(25-29)28-48-21-23-49(24-22-48)37-27-33(45-46-40(37)43)32-15-8-9-16-38(32)51/h8-10,13-18,25-27,35,51H,2-7,11-12,19-24,28H2,1H3,(H2,43,46)(H,44,52,53). The number of carbonyl (C=O) groups excluding carboxylic acids is 2. The monoisotopic (exact) mass is 730 g/mol. The summed E-state index contributed by atoms with van der Waals surface area (Å²) in [5, 5.41) is 21.1. The van der Waals surface area contributed by atoms with Gasteiger partial charge in [0.05, 0.1) is 22.4 Å². The van der Waals surface area contributed by atoms with Gasteiger partial charge in [-0.15, -0.1) is 10.2 Å². The summed E-state index contributed by atoms with van der Waals surface area (Å²) in [4.78, 5) is 41.9. The average Bonchev–Trinajstić information content (AvgIpc) is 3.42. The van der Waals surface area contributed by atoms with Crippen LogP contribution in [0, 0.1) is 0 Å². The first-order valence-corrected chi connectivity index (χ1v) is 19.3. The Labute approximate surface area is 315 Å². The number of para-hydroxylation sites is 1. The van der Waals surface area contributed by atoms with Crippen LogP contribution in [0.15, 0.2) is 77.6 Å². The van der Waals surface area contributed by atoms with Crippen molar-refractivity contribution in [2.75, 3.05) is 36.8 Å². The van der Waals surface area contributed by atoms with E-state index in [1.54, 1.807) is 23.7 Å². The van der Waals surface area contributed by atoms with Crippen molar-refractivity contribution in [2.24, 2.45) is 7.05 Å². The number of aryl methyl sites for hydroxylation is 3. The van der Waals surface area contributed by atoms with Crippen molar-refractivity contribution in [3.8, 4) is 17.0 Å². The fourth-order valence-electron chi connectivity index (χ4n) is 7.91. The smallest absolute Gasteiger partial charge is 0.329 e. The molecule has 2 aromatic heterocycles. The number of unbranched alkanes of at least 4 members (excludes halogenated alkanes) is 5. The Morgan fingerprint density at radius 3 is 2.22 bits per heavy atom. The van der Waals surface area contributed by atoms with Gasteiger partial charge in [0, 0.05) is 51.8 Å². The Kier molecular flexibility index (Phi) is 11.4. The molecule has 12 nitrogen and oxygen atoms in total. The number of imide groups is 1. The van der Waals surface area contributed by atoms with Gasteiger partial charge in [0.2, 0.25) is 11.8 Å². The van der Waals surface area contributed by atoms with Crippen LogP contribution in [0.4, 0.5) is 11.5 Å². The number of benzene rings is 3. The summed E-state index contributed by atoms with van der Waals surface area (Å²) in [5.74, 6) is -0.117. The molecule has 2 amide bonds. The van der Waals surface area contributed by atoms with Gasteiger partial charge < -0.3 is 15.7 Å². The average molecular weight is 731 g/mol. The van der Waals surface area contributed by atoms with E-state index < -0.39 is 11.9 Å². The SMILES string of the molecule is Cn1c(=O)n(C2CCC(=O)NC2=O)c2ccc(CCCCCCCCc3cccc(CN4CCN(c5cc(-c6ccccc6O)nnc5N)CC4)c3)cc21. The van der Waals surface area contributed by atoms with Crippen molar-refractivity contribution in [1.29, 1.82) is 0 Å². The molecule has 54 heavy (non-hydrogen) atoms. The molecule has 282 valence electrons. The Hall–Kier alpha value is -5.49. The van der Waals surface area contributed by atoms with Crippen LogP contribution in [0.2, 0.25) is 0 Å². The van der Waals surface area contributed by atoms with Crippen LogP contribution in [0.25, 0.3) is 22.3 Å². The van der Waals surface area contributed by atoms with E-state index >= 15 is 0 Å². The number of amides is 2. The Morgan fingerprint density at radius 2 is 1.48 bits per heavy atom. The van der Waals surface area contributed by atoms with Crippen molar-refractivity contribution in [3.63, 3.8) is 0 Å². The fraction of sp³-hybridized carbons (Fsp3) is 0.405. The highest BCUT2D eigenvalue weighted by Gasteiger charge is 2.31. The normalized spacial score (nSPS) is 16.6. The molecule has 0 radical (unpaired) electrons. The number of phenolic OH excluding ortho intramolecular Hbond substituents is 1. The van der Waals surface area contributed by atoms with Crippen LogP contribution in [0.5, 0.6) is 5.75 Å². The number of aromatic hydroxyl groups is 1. The molecule has 2 aliphatic rings. The lowest BCUT2D eigenvalue weighted by molar-refractivity contribution is -0.135. The number of nitrogens with zero attached hydrogens (tertiary/aromatic N) is 6. The molecule has 2 aliphatic heterocycles. The van der Waals surface area contributed by atoms with Gasteiger partial charge in [-0.2, -0.15) is 0 Å². The van der Waals surface area contributed by atoms with Crippen molar-refractivity contribution in [1.82, 2.24) is 29.5 Å². The van der Waals surface area contributed by atoms with E-state index in [2.05, 4.69) is 61.7 Å². The number of rotatable bonds is 14. The zero-order valence-electron chi connectivity index (χ0n) is 31.0. The van der Waals surface area contributed by atoms with Crippen LogP contribution < -0.4 is 21.6 Å². The number of nitrogens with one attached hydrogen (secondary N) is 1. The van der Waals surface area contributed by atoms with E-state index in [0.717, 1.165) is 68.7 Å². The highest BCUT2D eigenvalue weighted by atomic mass is 16.3. The summed E-state index contributed by atoms with van der Waals surface area (Å²) in [6.07, 6.45) is 9.69. The number of aromatic nitrogens is 4. The molecule has 1 atom stereocenters. The largest absolute Gasteiger partial charge is 0.507 e. The number of hydrogen-bond donors (Lipinski definition) is 3. The summed E-state index contributed by atoms with van der Waals surface area (Å²) >= 11 is 0. The Balaban J connectivity index is 0.814. The molecule has 4 heterocycles. The number of fused-ring (bicyclic) bond motifs is 1. The highest BCUT2D eigenvalue weighted by Crippen LogP contribution is 2.32. The van der Waals surface area contributed by atoms with Gasteiger partial charge in [-0.1, -0.05) is 68.1 Å². The van der Waals surface area contributed by atoms with E-state index in [4.69, 9.17) is 5.73 Å². The number of nitrogen functional groups attached to an aromatic ring is 1. The second kappa shape index (κ2) is 16.7. The molecule has 4 N–H and O–H groups in total. The predicted octanol–water partition coefficient (Wildman–Crippen LogP) is 5.51. The van der Waals surface area contributed by atoms with Crippen molar-refractivity contribution < 1.29 is 14.7 Å². The van der Waals surface area contributed by atoms with Crippen LogP contribution >= 0.6 is 0 Å². The van der Waals surface area contributed by atoms with Gasteiger partial charge in [0.25, 0.3) is 0 Å². The Bertz CT molecular complexity index is 2190. The molecule has 7 rings (SSSR count). The van der Waals surface area contributed by atoms with Gasteiger partial charge in [-0.3, -0.25) is 28.9 Å². The number of phenols is 1. The lowest BCUT2D eigenvalue weighted by Gasteiger charge is -2.36. The van der Waals surface area contributed by atoms with Crippen LogP contribution in [0.3, 0.4) is 0 Å². The van der Waals surface area contributed by atoms with Gasteiger partial charge in [-0.25, -0.2) is 4.79 Å². The van der Waals surface area contributed by atoms with E-state index in [1.807, 2.05) is 24.3 Å². The zero-order chi connectivity index (χ0) is 37.6. The van der Waals surface area contributed by atoms with Crippen molar-refractivity contribution in [2.45, 2.75) is 76.8 Å². The summed E-state index contributed by atoms with van der Waals surface area (Å²) in [6, 6.07) is 23.5. The van der Waals surface area contributed by atoms with E-state index in [-0.39, 0.29) is 23.8 Å². The van der Waals surface area contributed by atoms with Gasteiger partial charge in [0.15, 0.2) is 5.82 Å². The maximum atomic E-state index is 13.1. The summed E-state index contributed by atoms with van der Waals surface area (Å²) < 4.78 is 3.14. The predicted molar refractivity (Wildman–Crippen MR) is 211 cm³/mol. The molecule has 0 aliphatic carbocycles. The maximum Gasteiger partial charge on any atom is 0.329 e. The van der Waals surface area contributed by atoms with Gasteiger partial charge in [-0.05, 0) is 79.1 Å². The number of piperidine rings is 1. The number of piperazine rings is 1. The highest BCUT2D eigenvalue weighted by molar-refractivity contribution is 6.00. The van der Waals surface area contributed by atoms with E-state index in [0.29, 0.717) is 23.5 Å². The first-order valence-electron chi connectivity index (χ1n) is 19.3. The van der Waals surface area contributed by atoms with Crippen LogP contribution in [-0.4, -0.2) is 67.3 Å². The Morgan fingerprint density at radius 1 is 0.778 bits per heavy atom. The summed E-state index contributed by atoms with van der Waals surface area (Å²) in [7, 11) is 1.74. The molecular weight excluding hydrogens is 681 g/mol. The first kappa shape index (κ1) is 36.9. The topological polar surface area (TPSA) is 152 Å². The first-order chi connectivity index (χ1) is 26.2. The number of nitrogens with two attached hydrogens (primary N) is 1. The fourth-order valence-corrected chi connectivity index (χ4v) is 7.91. The van der Waals surface area contributed by atoms with Crippen molar-refractivity contribution >= 4 is 34.4 Å². The van der Waals surface area contributed by atoms with E-state index in [9.17, 15) is 19.5 Å². The van der Waals surface area contributed by atoms with Gasteiger partial charge >= 0.3 is 5.69 Å². The lowest BCUT2D eigenvalue weighted by atomic mass is 10.0. The third-order valence-corrected chi connectivity index (χ3v) is 10.9. The molecule has 0 bridgehead atoms.